The third-order valence-corrected chi connectivity index (χ3v) is 3.77. The first-order valence-corrected chi connectivity index (χ1v) is 7.02. The van der Waals surface area contributed by atoms with E-state index in [2.05, 4.69) is 5.32 Å². The number of rotatable bonds is 3. The minimum Gasteiger partial charge on any atom is -0.493 e. The Morgan fingerprint density at radius 1 is 1.20 bits per heavy atom. The van der Waals surface area contributed by atoms with Crippen molar-refractivity contribution in [2.24, 2.45) is 0 Å². The summed E-state index contributed by atoms with van der Waals surface area (Å²) in [7, 11) is 0. The van der Waals surface area contributed by atoms with Crippen LogP contribution in [0, 0.1) is 5.82 Å². The van der Waals surface area contributed by atoms with E-state index < -0.39 is 0 Å². The van der Waals surface area contributed by atoms with Gasteiger partial charge in [-0.15, -0.1) is 0 Å². The molecule has 2 aromatic rings. The quantitative estimate of drug-likeness (QED) is 0.888. The summed E-state index contributed by atoms with van der Waals surface area (Å²) in [6.07, 6.45) is 0.865. The van der Waals surface area contributed by atoms with Crippen LogP contribution in [0.1, 0.15) is 11.1 Å². The molecule has 0 fully saturated rings. The third-order valence-electron chi connectivity index (χ3n) is 3.22. The zero-order chi connectivity index (χ0) is 14.1. The Kier molecular flexibility index (Phi) is 3.72. The Labute approximate surface area is 126 Å². The van der Waals surface area contributed by atoms with E-state index in [0.717, 1.165) is 23.3 Å². The summed E-state index contributed by atoms with van der Waals surface area (Å²) in [6.45, 7) is 1.15. The first kappa shape index (κ1) is 13.5. The Balaban J connectivity index is 1.84. The number of halogens is 3. The molecule has 1 N–H and O–H groups in total. The van der Waals surface area contributed by atoms with Gasteiger partial charge in [-0.25, -0.2) is 4.39 Å². The maximum absolute atomic E-state index is 13.2. The zero-order valence-electron chi connectivity index (χ0n) is 10.6. The Morgan fingerprint density at radius 3 is 2.90 bits per heavy atom. The van der Waals surface area contributed by atoms with Crippen molar-refractivity contribution in [3.63, 3.8) is 0 Å². The highest BCUT2D eigenvalue weighted by molar-refractivity contribution is 6.33. The molecule has 0 saturated heterocycles. The molecular formula is C15H12Cl2FNO. The maximum atomic E-state index is 13.2. The van der Waals surface area contributed by atoms with E-state index >= 15 is 0 Å². The largest absolute Gasteiger partial charge is 0.493 e. The topological polar surface area (TPSA) is 21.3 Å². The van der Waals surface area contributed by atoms with Crippen molar-refractivity contribution in [1.29, 1.82) is 0 Å². The van der Waals surface area contributed by atoms with E-state index in [1.807, 2.05) is 12.1 Å². The van der Waals surface area contributed by atoms with Crippen LogP contribution in [0.3, 0.4) is 0 Å². The monoisotopic (exact) mass is 311 g/mol. The second kappa shape index (κ2) is 5.51. The van der Waals surface area contributed by atoms with Gasteiger partial charge in [0.2, 0.25) is 0 Å². The maximum Gasteiger partial charge on any atom is 0.127 e. The summed E-state index contributed by atoms with van der Waals surface area (Å²) in [5.41, 5.74) is 2.61. The van der Waals surface area contributed by atoms with Gasteiger partial charge in [0.05, 0.1) is 17.3 Å². The molecule has 0 saturated carbocycles. The van der Waals surface area contributed by atoms with E-state index in [-0.39, 0.29) is 5.82 Å². The molecule has 2 nitrogen and oxygen atoms in total. The van der Waals surface area contributed by atoms with Gasteiger partial charge in [-0.2, -0.15) is 0 Å². The Hall–Kier alpha value is -1.45. The molecule has 0 aliphatic carbocycles. The van der Waals surface area contributed by atoms with Crippen LogP contribution in [0.25, 0.3) is 0 Å². The standard InChI is InChI=1S/C15H12Cl2FNO/c16-11-5-9-3-4-20-15(9)10(6-11)8-19-14-7-12(18)1-2-13(14)17/h1-2,5-7,19H,3-4,8H2. The summed E-state index contributed by atoms with van der Waals surface area (Å²) in [5, 5.41) is 4.27. The molecule has 0 amide bonds. The highest BCUT2D eigenvalue weighted by atomic mass is 35.5. The zero-order valence-corrected chi connectivity index (χ0v) is 12.1. The van der Waals surface area contributed by atoms with Gasteiger partial charge in [0.15, 0.2) is 0 Å². The number of hydrogen-bond donors (Lipinski definition) is 1. The van der Waals surface area contributed by atoms with Gasteiger partial charge in [0, 0.05) is 23.6 Å². The Morgan fingerprint density at radius 2 is 2.05 bits per heavy atom. The number of fused-ring (bicyclic) bond motifs is 1. The van der Waals surface area contributed by atoms with Crippen molar-refractivity contribution in [3.8, 4) is 5.75 Å². The second-order valence-corrected chi connectivity index (χ2v) is 5.47. The first-order chi connectivity index (χ1) is 9.63. The minimum atomic E-state index is -0.329. The smallest absolute Gasteiger partial charge is 0.127 e. The first-order valence-electron chi connectivity index (χ1n) is 6.26. The highest BCUT2D eigenvalue weighted by Gasteiger charge is 2.17. The normalized spacial score (nSPS) is 12.9. The Bertz CT molecular complexity index is 661. The van der Waals surface area contributed by atoms with Crippen LogP contribution in [0.5, 0.6) is 5.75 Å². The molecule has 1 aliphatic heterocycles. The molecule has 2 aromatic carbocycles. The lowest BCUT2D eigenvalue weighted by Gasteiger charge is -2.12. The molecule has 0 radical (unpaired) electrons. The van der Waals surface area contributed by atoms with Gasteiger partial charge in [-0.05, 0) is 35.9 Å². The highest BCUT2D eigenvalue weighted by Crippen LogP contribution is 2.33. The SMILES string of the molecule is Fc1ccc(Cl)c(NCc2cc(Cl)cc3c2OCC3)c1. The van der Waals surface area contributed by atoms with Gasteiger partial charge in [-0.1, -0.05) is 23.2 Å². The van der Waals surface area contributed by atoms with E-state index in [4.69, 9.17) is 27.9 Å². The fraction of sp³-hybridized carbons (Fsp3) is 0.200. The lowest BCUT2D eigenvalue weighted by atomic mass is 10.1. The van der Waals surface area contributed by atoms with Crippen LogP contribution in [0.15, 0.2) is 30.3 Å². The van der Waals surface area contributed by atoms with Gasteiger partial charge in [0.1, 0.15) is 11.6 Å². The number of ether oxygens (including phenoxy) is 1. The van der Waals surface area contributed by atoms with Crippen LogP contribution in [0.4, 0.5) is 10.1 Å². The second-order valence-electron chi connectivity index (χ2n) is 4.63. The summed E-state index contributed by atoms with van der Waals surface area (Å²) >= 11 is 12.1. The summed E-state index contributed by atoms with van der Waals surface area (Å²) < 4.78 is 18.8. The van der Waals surface area contributed by atoms with Crippen LogP contribution in [-0.2, 0) is 13.0 Å². The molecule has 3 rings (SSSR count). The summed E-state index contributed by atoms with van der Waals surface area (Å²) in [5.74, 6) is 0.541. The van der Waals surface area contributed by atoms with Crippen molar-refractivity contribution >= 4 is 28.9 Å². The molecular weight excluding hydrogens is 300 g/mol. The van der Waals surface area contributed by atoms with E-state index in [1.54, 1.807) is 0 Å². The number of nitrogens with one attached hydrogen (secondary N) is 1. The summed E-state index contributed by atoms with van der Waals surface area (Å²) in [6, 6.07) is 7.99. The molecule has 0 unspecified atom stereocenters. The van der Waals surface area contributed by atoms with E-state index in [9.17, 15) is 4.39 Å². The molecule has 0 atom stereocenters. The third kappa shape index (κ3) is 2.69. The molecule has 20 heavy (non-hydrogen) atoms. The lowest BCUT2D eigenvalue weighted by Crippen LogP contribution is -2.02. The molecule has 0 aromatic heterocycles. The molecule has 0 bridgehead atoms. The predicted octanol–water partition coefficient (Wildman–Crippen LogP) is 4.68. The molecule has 104 valence electrons. The van der Waals surface area contributed by atoms with Crippen molar-refractivity contribution < 1.29 is 9.13 Å². The van der Waals surface area contributed by atoms with Crippen LogP contribution in [0.2, 0.25) is 10.0 Å². The van der Waals surface area contributed by atoms with Gasteiger partial charge in [0.25, 0.3) is 0 Å². The fourth-order valence-corrected chi connectivity index (χ4v) is 2.75. The van der Waals surface area contributed by atoms with Gasteiger partial charge >= 0.3 is 0 Å². The molecule has 0 spiro atoms. The minimum absolute atomic E-state index is 0.329. The van der Waals surface area contributed by atoms with E-state index in [0.29, 0.717) is 28.9 Å². The average molecular weight is 312 g/mol. The number of benzene rings is 2. The van der Waals surface area contributed by atoms with Crippen molar-refractivity contribution in [2.75, 3.05) is 11.9 Å². The van der Waals surface area contributed by atoms with Gasteiger partial charge < -0.3 is 10.1 Å². The average Bonchev–Trinajstić information content (AvgIpc) is 2.87. The van der Waals surface area contributed by atoms with Crippen molar-refractivity contribution in [3.05, 3.63) is 57.3 Å². The summed E-state index contributed by atoms with van der Waals surface area (Å²) in [4.78, 5) is 0. The van der Waals surface area contributed by atoms with Crippen LogP contribution in [-0.4, -0.2) is 6.61 Å². The van der Waals surface area contributed by atoms with Crippen molar-refractivity contribution in [1.82, 2.24) is 0 Å². The predicted molar refractivity (Wildman–Crippen MR) is 79.4 cm³/mol. The van der Waals surface area contributed by atoms with Crippen molar-refractivity contribution in [2.45, 2.75) is 13.0 Å². The van der Waals surface area contributed by atoms with Crippen LogP contribution < -0.4 is 10.1 Å². The number of anilines is 1. The molecule has 1 heterocycles. The van der Waals surface area contributed by atoms with Gasteiger partial charge in [-0.3, -0.25) is 0 Å². The van der Waals surface area contributed by atoms with Crippen LogP contribution >= 0.6 is 23.2 Å². The lowest BCUT2D eigenvalue weighted by molar-refractivity contribution is 0.354. The van der Waals surface area contributed by atoms with E-state index in [1.165, 1.54) is 18.2 Å². The number of hydrogen-bond acceptors (Lipinski definition) is 2. The molecule has 1 aliphatic rings. The molecule has 5 heteroatoms. The fourth-order valence-electron chi connectivity index (χ4n) is 2.30.